The highest BCUT2D eigenvalue weighted by atomic mass is 16.5. The summed E-state index contributed by atoms with van der Waals surface area (Å²) < 4.78 is 5.77. The van der Waals surface area contributed by atoms with E-state index in [4.69, 9.17) is 10.00 Å². The molecule has 1 aromatic carbocycles. The molecule has 3 rings (SSSR count). The number of rotatable bonds is 4. The zero-order valence-corrected chi connectivity index (χ0v) is 11.6. The SMILES string of the molecule is N#Cc1ccnc(OC2CCN(Cc3ccccc3)C2)n1. The van der Waals surface area contributed by atoms with Gasteiger partial charge in [-0.2, -0.15) is 10.2 Å². The van der Waals surface area contributed by atoms with Crippen LogP contribution in [0.3, 0.4) is 0 Å². The minimum absolute atomic E-state index is 0.0858. The minimum Gasteiger partial charge on any atom is -0.459 e. The number of likely N-dealkylation sites (tertiary alicyclic amines) is 1. The van der Waals surface area contributed by atoms with Crippen molar-refractivity contribution in [3.05, 3.63) is 53.9 Å². The summed E-state index contributed by atoms with van der Waals surface area (Å²) in [4.78, 5) is 10.5. The summed E-state index contributed by atoms with van der Waals surface area (Å²) >= 11 is 0. The fourth-order valence-electron chi connectivity index (χ4n) is 2.49. The molecule has 1 aromatic heterocycles. The molecule has 0 saturated carbocycles. The lowest BCUT2D eigenvalue weighted by molar-refractivity contribution is 0.183. The first-order valence-electron chi connectivity index (χ1n) is 6.99. The molecule has 106 valence electrons. The maximum atomic E-state index is 8.83. The molecule has 0 N–H and O–H groups in total. The quantitative estimate of drug-likeness (QED) is 0.857. The van der Waals surface area contributed by atoms with Crippen molar-refractivity contribution in [1.82, 2.24) is 14.9 Å². The molecule has 2 aromatic rings. The van der Waals surface area contributed by atoms with Crippen molar-refractivity contribution in [1.29, 1.82) is 5.26 Å². The summed E-state index contributed by atoms with van der Waals surface area (Å²) in [7, 11) is 0. The van der Waals surface area contributed by atoms with Crippen molar-refractivity contribution >= 4 is 0 Å². The van der Waals surface area contributed by atoms with Gasteiger partial charge in [0.05, 0.1) is 0 Å². The van der Waals surface area contributed by atoms with Gasteiger partial charge in [0.2, 0.25) is 0 Å². The number of hydrogen-bond acceptors (Lipinski definition) is 5. The van der Waals surface area contributed by atoms with Gasteiger partial charge < -0.3 is 4.74 Å². The zero-order chi connectivity index (χ0) is 14.5. The molecular weight excluding hydrogens is 264 g/mol. The van der Waals surface area contributed by atoms with Crippen LogP contribution in [0.5, 0.6) is 6.01 Å². The lowest BCUT2D eigenvalue weighted by atomic mass is 10.2. The second kappa shape index (κ2) is 6.33. The molecule has 0 amide bonds. The summed E-state index contributed by atoms with van der Waals surface area (Å²) in [6.07, 6.45) is 2.59. The largest absolute Gasteiger partial charge is 0.459 e. The van der Waals surface area contributed by atoms with Gasteiger partial charge in [-0.1, -0.05) is 30.3 Å². The van der Waals surface area contributed by atoms with Crippen LogP contribution in [-0.4, -0.2) is 34.1 Å². The Morgan fingerprint density at radius 1 is 1.29 bits per heavy atom. The van der Waals surface area contributed by atoms with E-state index in [0.717, 1.165) is 26.1 Å². The Morgan fingerprint density at radius 3 is 2.95 bits per heavy atom. The first kappa shape index (κ1) is 13.5. The van der Waals surface area contributed by atoms with Crippen molar-refractivity contribution in [3.8, 4) is 12.1 Å². The van der Waals surface area contributed by atoms with Gasteiger partial charge in [0.25, 0.3) is 0 Å². The van der Waals surface area contributed by atoms with E-state index in [0.29, 0.717) is 11.7 Å². The number of nitriles is 1. The van der Waals surface area contributed by atoms with Crippen LogP contribution in [0.1, 0.15) is 17.7 Å². The van der Waals surface area contributed by atoms with E-state index in [2.05, 4.69) is 39.1 Å². The second-order valence-electron chi connectivity index (χ2n) is 5.09. The molecule has 1 saturated heterocycles. The highest BCUT2D eigenvalue weighted by Gasteiger charge is 2.24. The molecule has 0 spiro atoms. The topological polar surface area (TPSA) is 62.0 Å². The Kier molecular flexibility index (Phi) is 4.08. The van der Waals surface area contributed by atoms with E-state index in [-0.39, 0.29) is 6.10 Å². The van der Waals surface area contributed by atoms with Crippen LogP contribution < -0.4 is 4.74 Å². The summed E-state index contributed by atoms with van der Waals surface area (Å²) in [6.45, 7) is 2.78. The molecule has 0 bridgehead atoms. The molecular formula is C16H16N4O. The van der Waals surface area contributed by atoms with Crippen LogP contribution in [-0.2, 0) is 6.54 Å². The molecule has 5 heteroatoms. The fraction of sp³-hybridized carbons (Fsp3) is 0.312. The molecule has 5 nitrogen and oxygen atoms in total. The van der Waals surface area contributed by atoms with E-state index in [9.17, 15) is 0 Å². The zero-order valence-electron chi connectivity index (χ0n) is 11.6. The lowest BCUT2D eigenvalue weighted by Crippen LogP contribution is -2.25. The third kappa shape index (κ3) is 3.56. The van der Waals surface area contributed by atoms with Gasteiger partial charge in [-0.25, -0.2) is 4.98 Å². The Morgan fingerprint density at radius 2 is 2.14 bits per heavy atom. The number of ether oxygens (including phenoxy) is 1. The van der Waals surface area contributed by atoms with Gasteiger partial charge in [-0.3, -0.25) is 4.90 Å². The molecule has 1 unspecified atom stereocenters. The van der Waals surface area contributed by atoms with Crippen LogP contribution in [0.25, 0.3) is 0 Å². The van der Waals surface area contributed by atoms with E-state index in [1.165, 1.54) is 5.56 Å². The van der Waals surface area contributed by atoms with Gasteiger partial charge in [0, 0.05) is 25.8 Å². The number of nitrogens with zero attached hydrogens (tertiary/aromatic N) is 4. The standard InChI is InChI=1S/C16H16N4O/c17-10-14-6-8-18-16(19-14)21-15-7-9-20(12-15)11-13-4-2-1-3-5-13/h1-6,8,15H,7,9,11-12H2. The minimum atomic E-state index is 0.0858. The average molecular weight is 280 g/mol. The lowest BCUT2D eigenvalue weighted by Gasteiger charge is -2.16. The molecule has 1 aliphatic rings. The van der Waals surface area contributed by atoms with Crippen LogP contribution in [0.4, 0.5) is 0 Å². The summed E-state index contributed by atoms with van der Waals surface area (Å²) in [6, 6.07) is 14.3. The smallest absolute Gasteiger partial charge is 0.317 e. The van der Waals surface area contributed by atoms with Crippen molar-refractivity contribution in [2.75, 3.05) is 13.1 Å². The monoisotopic (exact) mass is 280 g/mol. The van der Waals surface area contributed by atoms with E-state index in [1.807, 2.05) is 12.1 Å². The van der Waals surface area contributed by atoms with Gasteiger partial charge >= 0.3 is 6.01 Å². The molecule has 0 aliphatic carbocycles. The molecule has 0 radical (unpaired) electrons. The van der Waals surface area contributed by atoms with Crippen LogP contribution in [0.15, 0.2) is 42.6 Å². The number of benzene rings is 1. The highest BCUT2D eigenvalue weighted by Crippen LogP contribution is 2.17. The van der Waals surface area contributed by atoms with Crippen molar-refractivity contribution < 1.29 is 4.74 Å². The van der Waals surface area contributed by atoms with Gasteiger partial charge in [0.15, 0.2) is 0 Å². The maximum absolute atomic E-state index is 8.83. The Balaban J connectivity index is 1.56. The Bertz CT molecular complexity index is 638. The molecule has 2 heterocycles. The van der Waals surface area contributed by atoms with E-state index >= 15 is 0 Å². The fourth-order valence-corrected chi connectivity index (χ4v) is 2.49. The van der Waals surface area contributed by atoms with Crippen molar-refractivity contribution in [3.63, 3.8) is 0 Å². The predicted molar refractivity (Wildman–Crippen MR) is 77.5 cm³/mol. The number of hydrogen-bond donors (Lipinski definition) is 0. The van der Waals surface area contributed by atoms with Gasteiger partial charge in [-0.05, 0) is 18.1 Å². The molecule has 1 aliphatic heterocycles. The van der Waals surface area contributed by atoms with Crippen molar-refractivity contribution in [2.45, 2.75) is 19.1 Å². The van der Waals surface area contributed by atoms with E-state index in [1.54, 1.807) is 12.3 Å². The third-order valence-corrected chi connectivity index (χ3v) is 3.50. The Hall–Kier alpha value is -2.45. The maximum Gasteiger partial charge on any atom is 0.317 e. The summed E-state index contributed by atoms with van der Waals surface area (Å²) in [5, 5.41) is 8.83. The molecule has 21 heavy (non-hydrogen) atoms. The summed E-state index contributed by atoms with van der Waals surface area (Å²) in [5.41, 5.74) is 1.64. The highest BCUT2D eigenvalue weighted by molar-refractivity contribution is 5.19. The van der Waals surface area contributed by atoms with Gasteiger partial charge in [-0.15, -0.1) is 0 Å². The Labute approximate surface area is 123 Å². The average Bonchev–Trinajstić information content (AvgIpc) is 2.95. The number of aromatic nitrogens is 2. The molecule has 1 atom stereocenters. The summed E-state index contributed by atoms with van der Waals surface area (Å²) in [5.74, 6) is 0. The first-order chi connectivity index (χ1) is 10.3. The predicted octanol–water partition coefficient (Wildman–Crippen LogP) is 2.00. The second-order valence-corrected chi connectivity index (χ2v) is 5.09. The van der Waals surface area contributed by atoms with Crippen LogP contribution in [0.2, 0.25) is 0 Å². The first-order valence-corrected chi connectivity index (χ1v) is 6.99. The van der Waals surface area contributed by atoms with Crippen LogP contribution >= 0.6 is 0 Å². The van der Waals surface area contributed by atoms with Crippen LogP contribution in [0, 0.1) is 11.3 Å². The molecule has 1 fully saturated rings. The van der Waals surface area contributed by atoms with E-state index < -0.39 is 0 Å². The van der Waals surface area contributed by atoms with Gasteiger partial charge in [0.1, 0.15) is 17.9 Å². The normalized spacial score (nSPS) is 18.3. The van der Waals surface area contributed by atoms with Crippen molar-refractivity contribution in [2.24, 2.45) is 0 Å². The third-order valence-electron chi connectivity index (χ3n) is 3.50.